The molecule has 0 bridgehead atoms. The molecule has 6 nitrogen and oxygen atoms in total. The lowest BCUT2D eigenvalue weighted by molar-refractivity contribution is -0.0565. The quantitative estimate of drug-likeness (QED) is 0.518. The van der Waals surface area contributed by atoms with Crippen molar-refractivity contribution in [3.05, 3.63) is 29.8 Å². The van der Waals surface area contributed by atoms with E-state index >= 15 is 0 Å². The Labute approximate surface area is 144 Å². The highest BCUT2D eigenvalue weighted by Crippen LogP contribution is 2.20. The van der Waals surface area contributed by atoms with E-state index < -0.39 is 5.60 Å². The standard InChI is InChI=1S/C18H29N3O3/c1-3-19-17(21-14-18(22)9-12-24-13-10-18)20-11-8-15-6-4-5-7-16(15)23-2/h4-7,22H,3,8-14H2,1-2H3,(H2,19,20,21). The minimum Gasteiger partial charge on any atom is -0.496 e. The molecule has 2 rings (SSSR count). The maximum absolute atomic E-state index is 10.5. The van der Waals surface area contributed by atoms with Gasteiger partial charge in [-0.2, -0.15) is 0 Å². The molecule has 0 saturated carbocycles. The Bertz CT molecular complexity index is 528. The molecule has 1 aliphatic heterocycles. The molecule has 134 valence electrons. The summed E-state index contributed by atoms with van der Waals surface area (Å²) in [5.41, 5.74) is 0.412. The van der Waals surface area contributed by atoms with Crippen molar-refractivity contribution in [3.8, 4) is 5.75 Å². The van der Waals surface area contributed by atoms with Crippen molar-refractivity contribution in [2.75, 3.05) is 40.0 Å². The van der Waals surface area contributed by atoms with E-state index in [1.807, 2.05) is 25.1 Å². The van der Waals surface area contributed by atoms with Gasteiger partial charge in [-0.25, -0.2) is 0 Å². The molecule has 1 saturated heterocycles. The van der Waals surface area contributed by atoms with Crippen molar-refractivity contribution in [1.29, 1.82) is 0 Å². The lowest BCUT2D eigenvalue weighted by Gasteiger charge is -2.30. The van der Waals surface area contributed by atoms with Gasteiger partial charge in [0.25, 0.3) is 0 Å². The summed E-state index contributed by atoms with van der Waals surface area (Å²) in [6.45, 7) is 5.14. The van der Waals surface area contributed by atoms with E-state index in [2.05, 4.69) is 21.7 Å². The molecule has 1 aliphatic rings. The second-order valence-electron chi connectivity index (χ2n) is 6.02. The van der Waals surface area contributed by atoms with E-state index in [4.69, 9.17) is 9.47 Å². The van der Waals surface area contributed by atoms with Crippen LogP contribution in [0, 0.1) is 0 Å². The van der Waals surface area contributed by atoms with Crippen LogP contribution in [0.5, 0.6) is 5.75 Å². The minimum absolute atomic E-state index is 0.389. The summed E-state index contributed by atoms with van der Waals surface area (Å²) in [6.07, 6.45) is 2.11. The lowest BCUT2D eigenvalue weighted by atomic mass is 9.95. The molecule has 0 unspecified atom stereocenters. The number of hydrogen-bond donors (Lipinski definition) is 3. The SMILES string of the molecule is CCNC(=NCC1(O)CCOCC1)NCCc1ccccc1OC. The van der Waals surface area contributed by atoms with Gasteiger partial charge in [-0.3, -0.25) is 4.99 Å². The monoisotopic (exact) mass is 335 g/mol. The molecule has 1 fully saturated rings. The molecule has 1 aromatic carbocycles. The van der Waals surface area contributed by atoms with Gasteiger partial charge in [-0.1, -0.05) is 18.2 Å². The number of para-hydroxylation sites is 1. The van der Waals surface area contributed by atoms with Crippen molar-refractivity contribution in [2.45, 2.75) is 31.8 Å². The fourth-order valence-corrected chi connectivity index (χ4v) is 2.70. The van der Waals surface area contributed by atoms with Gasteiger partial charge in [0.05, 0.1) is 19.3 Å². The number of guanidine groups is 1. The Balaban J connectivity index is 1.87. The molecular weight excluding hydrogens is 306 g/mol. The number of nitrogens with one attached hydrogen (secondary N) is 2. The molecule has 0 spiro atoms. The van der Waals surface area contributed by atoms with E-state index in [0.717, 1.165) is 36.8 Å². The number of rotatable bonds is 7. The molecule has 0 amide bonds. The summed E-state index contributed by atoms with van der Waals surface area (Å²) in [5, 5.41) is 17.0. The first-order valence-corrected chi connectivity index (χ1v) is 8.61. The zero-order valence-corrected chi connectivity index (χ0v) is 14.7. The maximum atomic E-state index is 10.5. The van der Waals surface area contributed by atoms with Gasteiger partial charge in [0.2, 0.25) is 0 Å². The van der Waals surface area contributed by atoms with Crippen LogP contribution in [0.1, 0.15) is 25.3 Å². The average molecular weight is 335 g/mol. The molecule has 1 aromatic rings. The summed E-state index contributed by atoms with van der Waals surface area (Å²) in [7, 11) is 1.69. The fourth-order valence-electron chi connectivity index (χ4n) is 2.70. The topological polar surface area (TPSA) is 75.1 Å². The molecule has 24 heavy (non-hydrogen) atoms. The molecule has 3 N–H and O–H groups in total. The van der Waals surface area contributed by atoms with Crippen LogP contribution in [-0.4, -0.2) is 56.6 Å². The van der Waals surface area contributed by atoms with Crippen molar-refractivity contribution in [1.82, 2.24) is 10.6 Å². The van der Waals surface area contributed by atoms with Crippen LogP contribution in [0.15, 0.2) is 29.3 Å². The van der Waals surface area contributed by atoms with Crippen LogP contribution >= 0.6 is 0 Å². The number of nitrogens with zero attached hydrogens (tertiary/aromatic N) is 1. The van der Waals surface area contributed by atoms with Crippen molar-refractivity contribution < 1.29 is 14.6 Å². The Morgan fingerprint density at radius 3 is 2.75 bits per heavy atom. The summed E-state index contributed by atoms with van der Waals surface area (Å²) in [5.74, 6) is 1.63. The third-order valence-corrected chi connectivity index (χ3v) is 4.18. The number of aliphatic imine (C=N–C) groups is 1. The van der Waals surface area contributed by atoms with E-state index in [-0.39, 0.29) is 0 Å². The van der Waals surface area contributed by atoms with Crippen LogP contribution in [0.2, 0.25) is 0 Å². The molecular formula is C18H29N3O3. The summed E-state index contributed by atoms with van der Waals surface area (Å²) < 4.78 is 10.7. The zero-order valence-electron chi connectivity index (χ0n) is 14.7. The second-order valence-corrected chi connectivity index (χ2v) is 6.02. The first kappa shape index (κ1) is 18.5. The number of methoxy groups -OCH3 is 1. The predicted molar refractivity (Wildman–Crippen MR) is 95.7 cm³/mol. The van der Waals surface area contributed by atoms with Gasteiger partial charge in [0.1, 0.15) is 5.75 Å². The molecule has 0 atom stereocenters. The highest BCUT2D eigenvalue weighted by atomic mass is 16.5. The zero-order chi connectivity index (χ0) is 17.3. The molecule has 6 heteroatoms. The highest BCUT2D eigenvalue weighted by Gasteiger charge is 2.29. The van der Waals surface area contributed by atoms with Crippen LogP contribution in [0.25, 0.3) is 0 Å². The number of benzene rings is 1. The lowest BCUT2D eigenvalue weighted by Crippen LogP contribution is -2.43. The largest absolute Gasteiger partial charge is 0.496 e. The molecule has 0 aliphatic carbocycles. The Morgan fingerprint density at radius 1 is 1.29 bits per heavy atom. The smallest absolute Gasteiger partial charge is 0.191 e. The maximum Gasteiger partial charge on any atom is 0.191 e. The van der Waals surface area contributed by atoms with Crippen LogP contribution in [0.4, 0.5) is 0 Å². The van der Waals surface area contributed by atoms with Gasteiger partial charge in [-0.15, -0.1) is 0 Å². The number of aliphatic hydroxyl groups is 1. The fraction of sp³-hybridized carbons (Fsp3) is 0.611. The third-order valence-electron chi connectivity index (χ3n) is 4.18. The van der Waals surface area contributed by atoms with Crippen molar-refractivity contribution in [3.63, 3.8) is 0 Å². The van der Waals surface area contributed by atoms with Gasteiger partial charge in [-0.05, 0) is 25.0 Å². The van der Waals surface area contributed by atoms with Gasteiger partial charge in [0, 0.05) is 39.1 Å². The summed E-state index contributed by atoms with van der Waals surface area (Å²) >= 11 is 0. The normalized spacial score (nSPS) is 17.4. The Hall–Kier alpha value is -1.79. The second kappa shape index (κ2) is 9.49. The van der Waals surface area contributed by atoms with E-state index in [1.54, 1.807) is 7.11 Å². The Morgan fingerprint density at radius 2 is 2.04 bits per heavy atom. The molecule has 1 heterocycles. The third kappa shape index (κ3) is 5.69. The minimum atomic E-state index is -0.747. The van der Waals surface area contributed by atoms with E-state index in [0.29, 0.717) is 32.6 Å². The summed E-state index contributed by atoms with van der Waals surface area (Å²) in [4.78, 5) is 4.54. The molecule has 0 aromatic heterocycles. The van der Waals surface area contributed by atoms with Gasteiger partial charge < -0.3 is 25.2 Å². The average Bonchev–Trinajstić information content (AvgIpc) is 2.61. The first-order valence-electron chi connectivity index (χ1n) is 8.61. The number of ether oxygens (including phenoxy) is 2. The predicted octanol–water partition coefficient (Wildman–Crippen LogP) is 1.33. The number of hydrogen-bond acceptors (Lipinski definition) is 4. The Kier molecular flexibility index (Phi) is 7.34. The molecule has 0 radical (unpaired) electrons. The first-order chi connectivity index (χ1) is 11.7. The summed E-state index contributed by atoms with van der Waals surface area (Å²) in [6, 6.07) is 8.01. The highest BCUT2D eigenvalue weighted by molar-refractivity contribution is 5.79. The van der Waals surface area contributed by atoms with E-state index in [1.165, 1.54) is 0 Å². The van der Waals surface area contributed by atoms with E-state index in [9.17, 15) is 5.11 Å². The van der Waals surface area contributed by atoms with Crippen LogP contribution < -0.4 is 15.4 Å². The van der Waals surface area contributed by atoms with Crippen molar-refractivity contribution in [2.24, 2.45) is 4.99 Å². The van der Waals surface area contributed by atoms with Crippen LogP contribution in [0.3, 0.4) is 0 Å². The van der Waals surface area contributed by atoms with Crippen molar-refractivity contribution >= 4 is 5.96 Å². The van der Waals surface area contributed by atoms with Gasteiger partial charge >= 0.3 is 0 Å². The van der Waals surface area contributed by atoms with Gasteiger partial charge in [0.15, 0.2) is 5.96 Å². The van der Waals surface area contributed by atoms with Crippen LogP contribution in [-0.2, 0) is 11.2 Å².